The number of nitrogens with one attached hydrogen (secondary N) is 1. The lowest BCUT2D eigenvalue weighted by Crippen LogP contribution is -1.90. The minimum Gasteiger partial charge on any atom is -0.508 e. The van der Waals surface area contributed by atoms with Crippen molar-refractivity contribution in [3.05, 3.63) is 54.1 Å². The maximum atomic E-state index is 9.41. The highest BCUT2D eigenvalue weighted by molar-refractivity contribution is 5.63. The Balaban J connectivity index is 2.29. The predicted molar refractivity (Wildman–Crippen MR) is 62.5 cm³/mol. The van der Waals surface area contributed by atoms with Gasteiger partial charge in [0.05, 0.1) is 11.6 Å². The highest BCUT2D eigenvalue weighted by Crippen LogP contribution is 2.22. The number of hydrogen-bond donors (Lipinski definition) is 2. The lowest BCUT2D eigenvalue weighted by atomic mass is 10.2. The van der Waals surface area contributed by atoms with Crippen molar-refractivity contribution in [1.82, 2.24) is 0 Å². The molecule has 2 aromatic rings. The molecule has 0 bridgehead atoms. The van der Waals surface area contributed by atoms with Crippen LogP contribution in [0.3, 0.4) is 0 Å². The number of phenols is 1. The molecule has 3 heteroatoms. The van der Waals surface area contributed by atoms with Crippen LogP contribution in [-0.2, 0) is 0 Å². The minimum atomic E-state index is 0.0810. The van der Waals surface area contributed by atoms with E-state index in [-0.39, 0.29) is 5.75 Å². The summed E-state index contributed by atoms with van der Waals surface area (Å²) in [7, 11) is 0. The minimum absolute atomic E-state index is 0.0810. The molecule has 0 spiro atoms. The summed E-state index contributed by atoms with van der Waals surface area (Å²) < 4.78 is 0. The van der Waals surface area contributed by atoms with Crippen molar-refractivity contribution in [2.45, 2.75) is 0 Å². The van der Waals surface area contributed by atoms with E-state index < -0.39 is 0 Å². The zero-order valence-electron chi connectivity index (χ0n) is 8.51. The van der Waals surface area contributed by atoms with Gasteiger partial charge in [0, 0.05) is 17.4 Å². The van der Waals surface area contributed by atoms with Crippen LogP contribution in [0.4, 0.5) is 11.4 Å². The summed E-state index contributed by atoms with van der Waals surface area (Å²) in [6.45, 7) is 0. The molecule has 0 radical (unpaired) electrons. The molecule has 0 unspecified atom stereocenters. The van der Waals surface area contributed by atoms with Gasteiger partial charge in [-0.25, -0.2) is 0 Å². The van der Waals surface area contributed by atoms with Gasteiger partial charge in [0.1, 0.15) is 5.75 Å². The first-order valence-corrected chi connectivity index (χ1v) is 4.84. The molecule has 0 aliphatic heterocycles. The standard InChI is InChI=1S/C13H10N2O/c14-9-10-6-12(8-13(16)7-10)15-11-4-2-1-3-5-11/h1-8,15-16H. The molecule has 0 fully saturated rings. The van der Waals surface area contributed by atoms with E-state index in [1.54, 1.807) is 12.1 Å². The molecule has 3 nitrogen and oxygen atoms in total. The van der Waals surface area contributed by atoms with Crippen molar-refractivity contribution in [3.63, 3.8) is 0 Å². The molecule has 0 saturated heterocycles. The summed E-state index contributed by atoms with van der Waals surface area (Å²) in [6.07, 6.45) is 0. The molecule has 0 atom stereocenters. The number of benzene rings is 2. The van der Waals surface area contributed by atoms with Crippen LogP contribution in [0, 0.1) is 11.3 Å². The Labute approximate surface area is 93.6 Å². The topological polar surface area (TPSA) is 56.0 Å². The Bertz CT molecular complexity index is 529. The van der Waals surface area contributed by atoms with Crippen molar-refractivity contribution >= 4 is 11.4 Å². The zero-order chi connectivity index (χ0) is 11.4. The largest absolute Gasteiger partial charge is 0.508 e. The fraction of sp³-hybridized carbons (Fsp3) is 0. The van der Waals surface area contributed by atoms with Crippen molar-refractivity contribution in [3.8, 4) is 11.8 Å². The normalized spacial score (nSPS) is 9.44. The van der Waals surface area contributed by atoms with Crippen LogP contribution in [0.25, 0.3) is 0 Å². The van der Waals surface area contributed by atoms with Crippen LogP contribution in [0.5, 0.6) is 5.75 Å². The first-order chi connectivity index (χ1) is 7.78. The molecule has 0 aliphatic rings. The second-order valence-electron chi connectivity index (χ2n) is 3.37. The van der Waals surface area contributed by atoms with E-state index in [1.165, 1.54) is 6.07 Å². The number of para-hydroxylation sites is 1. The molecule has 0 aromatic heterocycles. The van der Waals surface area contributed by atoms with Gasteiger partial charge in [0.2, 0.25) is 0 Å². The van der Waals surface area contributed by atoms with Gasteiger partial charge in [-0.1, -0.05) is 18.2 Å². The van der Waals surface area contributed by atoms with Crippen LogP contribution in [-0.4, -0.2) is 5.11 Å². The van der Waals surface area contributed by atoms with Gasteiger partial charge in [-0.05, 0) is 24.3 Å². The fourth-order valence-corrected chi connectivity index (χ4v) is 1.44. The molecule has 2 aromatic carbocycles. The van der Waals surface area contributed by atoms with Crippen molar-refractivity contribution in [2.75, 3.05) is 5.32 Å². The maximum Gasteiger partial charge on any atom is 0.118 e. The van der Waals surface area contributed by atoms with Crippen molar-refractivity contribution in [1.29, 1.82) is 5.26 Å². The number of phenolic OH excluding ortho intramolecular Hbond substituents is 1. The smallest absolute Gasteiger partial charge is 0.118 e. The SMILES string of the molecule is N#Cc1cc(O)cc(Nc2ccccc2)c1. The number of aromatic hydroxyl groups is 1. The Morgan fingerprint density at radius 3 is 2.44 bits per heavy atom. The second kappa shape index (κ2) is 4.37. The summed E-state index contributed by atoms with van der Waals surface area (Å²) in [5, 5.41) is 21.3. The van der Waals surface area contributed by atoms with E-state index in [0.717, 1.165) is 5.69 Å². The Hall–Kier alpha value is -2.47. The van der Waals surface area contributed by atoms with Gasteiger partial charge >= 0.3 is 0 Å². The third-order valence-corrected chi connectivity index (χ3v) is 2.11. The molecular formula is C13H10N2O. The third kappa shape index (κ3) is 2.31. The van der Waals surface area contributed by atoms with E-state index >= 15 is 0 Å². The van der Waals surface area contributed by atoms with E-state index in [0.29, 0.717) is 11.3 Å². The molecule has 0 saturated carbocycles. The number of nitrogens with zero attached hydrogens (tertiary/aromatic N) is 1. The van der Waals surface area contributed by atoms with E-state index in [4.69, 9.17) is 5.26 Å². The Morgan fingerprint density at radius 1 is 1.00 bits per heavy atom. The second-order valence-corrected chi connectivity index (χ2v) is 3.37. The molecule has 0 amide bonds. The van der Waals surface area contributed by atoms with Crippen molar-refractivity contribution in [2.24, 2.45) is 0 Å². The van der Waals surface area contributed by atoms with Crippen LogP contribution < -0.4 is 5.32 Å². The van der Waals surface area contributed by atoms with Gasteiger partial charge in [-0.2, -0.15) is 5.26 Å². The third-order valence-electron chi connectivity index (χ3n) is 2.11. The molecule has 78 valence electrons. The molecule has 2 rings (SSSR count). The average molecular weight is 210 g/mol. The average Bonchev–Trinajstić information content (AvgIpc) is 2.29. The summed E-state index contributed by atoms with van der Waals surface area (Å²) >= 11 is 0. The first-order valence-electron chi connectivity index (χ1n) is 4.84. The lowest BCUT2D eigenvalue weighted by Gasteiger charge is -2.06. The van der Waals surface area contributed by atoms with Crippen LogP contribution >= 0.6 is 0 Å². The van der Waals surface area contributed by atoms with E-state index in [1.807, 2.05) is 36.4 Å². The number of anilines is 2. The Morgan fingerprint density at radius 2 is 1.75 bits per heavy atom. The predicted octanol–water partition coefficient (Wildman–Crippen LogP) is 3.01. The maximum absolute atomic E-state index is 9.41. The fourth-order valence-electron chi connectivity index (χ4n) is 1.44. The van der Waals surface area contributed by atoms with Gasteiger partial charge in [-0.3, -0.25) is 0 Å². The summed E-state index contributed by atoms with van der Waals surface area (Å²) in [5.74, 6) is 0.0810. The quantitative estimate of drug-likeness (QED) is 0.801. The monoisotopic (exact) mass is 210 g/mol. The van der Waals surface area contributed by atoms with Gasteiger partial charge < -0.3 is 10.4 Å². The van der Waals surface area contributed by atoms with Crippen molar-refractivity contribution < 1.29 is 5.11 Å². The number of nitriles is 1. The highest BCUT2D eigenvalue weighted by atomic mass is 16.3. The summed E-state index contributed by atoms with van der Waals surface area (Å²) in [5.41, 5.74) is 2.04. The van der Waals surface area contributed by atoms with Crippen LogP contribution in [0.15, 0.2) is 48.5 Å². The lowest BCUT2D eigenvalue weighted by molar-refractivity contribution is 0.475. The number of rotatable bonds is 2. The zero-order valence-corrected chi connectivity index (χ0v) is 8.51. The first kappa shape index (κ1) is 10.1. The summed E-state index contributed by atoms with van der Waals surface area (Å²) in [6, 6.07) is 16.3. The van der Waals surface area contributed by atoms with Crippen LogP contribution in [0.2, 0.25) is 0 Å². The molecule has 0 aliphatic carbocycles. The molecule has 16 heavy (non-hydrogen) atoms. The van der Waals surface area contributed by atoms with Crippen LogP contribution in [0.1, 0.15) is 5.56 Å². The number of hydrogen-bond acceptors (Lipinski definition) is 3. The Kier molecular flexibility index (Phi) is 2.75. The molecular weight excluding hydrogens is 200 g/mol. The van der Waals surface area contributed by atoms with E-state index in [9.17, 15) is 5.11 Å². The van der Waals surface area contributed by atoms with Gasteiger partial charge in [0.25, 0.3) is 0 Å². The summed E-state index contributed by atoms with van der Waals surface area (Å²) in [4.78, 5) is 0. The highest BCUT2D eigenvalue weighted by Gasteiger charge is 1.99. The van der Waals surface area contributed by atoms with E-state index in [2.05, 4.69) is 5.32 Å². The molecule has 0 heterocycles. The van der Waals surface area contributed by atoms with Gasteiger partial charge in [0.15, 0.2) is 0 Å². The molecule has 2 N–H and O–H groups in total. The van der Waals surface area contributed by atoms with Gasteiger partial charge in [-0.15, -0.1) is 0 Å².